The molecule has 5 heteroatoms. The van der Waals surface area contributed by atoms with E-state index in [0.29, 0.717) is 13.1 Å². The Morgan fingerprint density at radius 2 is 1.96 bits per heavy atom. The first kappa shape index (κ1) is 16.7. The lowest BCUT2D eigenvalue weighted by atomic mass is 10.00. The summed E-state index contributed by atoms with van der Waals surface area (Å²) >= 11 is 3.42. The van der Waals surface area contributed by atoms with Crippen LogP contribution < -0.4 is 5.32 Å². The van der Waals surface area contributed by atoms with Gasteiger partial charge in [-0.1, -0.05) is 34.1 Å². The van der Waals surface area contributed by atoms with Gasteiger partial charge in [-0.2, -0.15) is 0 Å². The first-order valence-electron chi connectivity index (χ1n) is 7.80. The molecule has 0 unspecified atom stereocenters. The van der Waals surface area contributed by atoms with Gasteiger partial charge in [-0.05, 0) is 60.4 Å². The van der Waals surface area contributed by atoms with E-state index in [9.17, 15) is 9.18 Å². The highest BCUT2D eigenvalue weighted by Gasteiger charge is 2.18. The molecule has 1 N–H and O–H groups in total. The molecule has 0 spiro atoms. The quantitative estimate of drug-likeness (QED) is 0.751. The van der Waals surface area contributed by atoms with Crippen LogP contribution in [0.1, 0.15) is 17.5 Å². The van der Waals surface area contributed by atoms with Crippen molar-refractivity contribution in [2.24, 2.45) is 0 Å². The average molecular weight is 389 g/mol. The minimum atomic E-state index is -0.235. The summed E-state index contributed by atoms with van der Waals surface area (Å²) < 4.78 is 14.0. The second kappa shape index (κ2) is 7.18. The largest absolute Gasteiger partial charge is 0.322 e. The number of anilines is 1. The highest BCUT2D eigenvalue weighted by Crippen LogP contribution is 2.24. The minimum Gasteiger partial charge on any atom is -0.320 e. The number of carbonyl (C=O) groups is 1. The lowest BCUT2D eigenvalue weighted by Gasteiger charge is -2.27. The van der Waals surface area contributed by atoms with E-state index in [4.69, 9.17) is 0 Å². The fourth-order valence-electron chi connectivity index (χ4n) is 2.74. The SMILES string of the molecule is Cc1cc(Br)ccc1NC(=O)N1CC=C(c2ccc(F)cc2)CC1. The molecule has 0 atom stereocenters. The molecule has 2 aromatic rings. The van der Waals surface area contributed by atoms with Gasteiger partial charge < -0.3 is 10.2 Å². The molecule has 0 saturated carbocycles. The Labute approximate surface area is 149 Å². The van der Waals surface area contributed by atoms with Crippen LogP contribution in [0.5, 0.6) is 0 Å². The topological polar surface area (TPSA) is 32.3 Å². The van der Waals surface area contributed by atoms with Crippen LogP contribution in [0.3, 0.4) is 0 Å². The van der Waals surface area contributed by atoms with Crippen LogP contribution >= 0.6 is 15.9 Å². The molecule has 124 valence electrons. The molecule has 2 amide bonds. The molecule has 1 heterocycles. The summed E-state index contributed by atoms with van der Waals surface area (Å²) in [6.07, 6.45) is 2.79. The maximum absolute atomic E-state index is 13.0. The first-order valence-corrected chi connectivity index (χ1v) is 8.59. The maximum Gasteiger partial charge on any atom is 0.322 e. The Hall–Kier alpha value is -2.14. The highest BCUT2D eigenvalue weighted by atomic mass is 79.9. The lowest BCUT2D eigenvalue weighted by Crippen LogP contribution is -2.38. The highest BCUT2D eigenvalue weighted by molar-refractivity contribution is 9.10. The Morgan fingerprint density at radius 1 is 1.21 bits per heavy atom. The summed E-state index contributed by atoms with van der Waals surface area (Å²) in [5, 5.41) is 2.96. The maximum atomic E-state index is 13.0. The van der Waals surface area contributed by atoms with Crippen molar-refractivity contribution in [2.75, 3.05) is 18.4 Å². The Bertz CT molecular complexity index is 786. The van der Waals surface area contributed by atoms with E-state index in [-0.39, 0.29) is 11.8 Å². The van der Waals surface area contributed by atoms with Gasteiger partial charge in [0.05, 0.1) is 0 Å². The Balaban J connectivity index is 1.65. The van der Waals surface area contributed by atoms with Crippen LogP contribution in [0, 0.1) is 12.7 Å². The van der Waals surface area contributed by atoms with E-state index in [2.05, 4.69) is 21.2 Å². The molecule has 24 heavy (non-hydrogen) atoms. The number of aryl methyl sites for hydroxylation is 1. The van der Waals surface area contributed by atoms with E-state index in [1.807, 2.05) is 31.2 Å². The zero-order chi connectivity index (χ0) is 17.1. The van der Waals surface area contributed by atoms with Crippen molar-refractivity contribution in [1.82, 2.24) is 4.90 Å². The molecule has 2 aromatic carbocycles. The van der Waals surface area contributed by atoms with Gasteiger partial charge in [0.2, 0.25) is 0 Å². The predicted octanol–water partition coefficient (Wildman–Crippen LogP) is 5.22. The molecule has 0 aliphatic carbocycles. The van der Waals surface area contributed by atoms with Gasteiger partial charge in [0.1, 0.15) is 5.82 Å². The van der Waals surface area contributed by atoms with Gasteiger partial charge in [0.25, 0.3) is 0 Å². The van der Waals surface area contributed by atoms with Crippen molar-refractivity contribution in [2.45, 2.75) is 13.3 Å². The number of benzene rings is 2. The molecule has 1 aliphatic heterocycles. The summed E-state index contributed by atoms with van der Waals surface area (Å²) in [5.74, 6) is -0.235. The first-order chi connectivity index (χ1) is 11.5. The summed E-state index contributed by atoms with van der Waals surface area (Å²) in [6, 6.07) is 12.2. The molecular weight excluding hydrogens is 371 g/mol. The van der Waals surface area contributed by atoms with Crippen molar-refractivity contribution >= 4 is 33.2 Å². The van der Waals surface area contributed by atoms with Gasteiger partial charge in [0.15, 0.2) is 0 Å². The predicted molar refractivity (Wildman–Crippen MR) is 98.5 cm³/mol. The minimum absolute atomic E-state index is 0.102. The molecule has 0 aromatic heterocycles. The van der Waals surface area contributed by atoms with Crippen LogP contribution in [0.2, 0.25) is 0 Å². The van der Waals surface area contributed by atoms with Crippen LogP contribution in [0.25, 0.3) is 5.57 Å². The smallest absolute Gasteiger partial charge is 0.320 e. The van der Waals surface area contributed by atoms with E-state index in [1.165, 1.54) is 12.1 Å². The number of halogens is 2. The van der Waals surface area contributed by atoms with Crippen LogP contribution in [0.15, 0.2) is 53.0 Å². The Morgan fingerprint density at radius 3 is 2.58 bits per heavy atom. The van der Waals surface area contributed by atoms with E-state index >= 15 is 0 Å². The molecule has 0 saturated heterocycles. The van der Waals surface area contributed by atoms with Crippen LogP contribution in [-0.4, -0.2) is 24.0 Å². The number of hydrogen-bond acceptors (Lipinski definition) is 1. The van der Waals surface area contributed by atoms with Gasteiger partial charge in [0, 0.05) is 23.2 Å². The molecule has 0 fully saturated rings. The number of nitrogens with zero attached hydrogens (tertiary/aromatic N) is 1. The van der Waals surface area contributed by atoms with Gasteiger partial charge >= 0.3 is 6.03 Å². The fraction of sp³-hybridized carbons (Fsp3) is 0.211. The standard InChI is InChI=1S/C19H18BrFN2O/c1-13-12-16(20)4-7-18(13)22-19(24)23-10-8-15(9-11-23)14-2-5-17(21)6-3-14/h2-8,12H,9-11H2,1H3,(H,22,24). The third-order valence-corrected chi connectivity index (χ3v) is 4.63. The summed E-state index contributed by atoms with van der Waals surface area (Å²) in [5.41, 5.74) is 3.99. The molecule has 0 radical (unpaired) electrons. The third-order valence-electron chi connectivity index (χ3n) is 4.14. The van der Waals surface area contributed by atoms with Crippen molar-refractivity contribution in [1.29, 1.82) is 0 Å². The van der Waals surface area contributed by atoms with Crippen molar-refractivity contribution in [3.63, 3.8) is 0 Å². The van der Waals surface area contributed by atoms with Crippen LogP contribution in [-0.2, 0) is 0 Å². The Kier molecular flexibility index (Phi) is 5.00. The molecule has 1 aliphatic rings. The fourth-order valence-corrected chi connectivity index (χ4v) is 3.22. The lowest BCUT2D eigenvalue weighted by molar-refractivity contribution is 0.217. The van der Waals surface area contributed by atoms with Crippen LogP contribution in [0.4, 0.5) is 14.9 Å². The monoisotopic (exact) mass is 388 g/mol. The number of rotatable bonds is 2. The number of urea groups is 1. The third kappa shape index (κ3) is 3.85. The van der Waals surface area contributed by atoms with E-state index in [1.54, 1.807) is 17.0 Å². The number of nitrogens with one attached hydrogen (secondary N) is 1. The van der Waals surface area contributed by atoms with Gasteiger partial charge in [-0.3, -0.25) is 0 Å². The normalized spacial score (nSPS) is 14.3. The number of carbonyl (C=O) groups excluding carboxylic acids is 1. The summed E-state index contributed by atoms with van der Waals surface area (Å²) in [6.45, 7) is 3.15. The second-order valence-corrected chi connectivity index (χ2v) is 6.74. The van der Waals surface area contributed by atoms with Crippen molar-refractivity contribution in [3.8, 4) is 0 Å². The second-order valence-electron chi connectivity index (χ2n) is 5.82. The van der Waals surface area contributed by atoms with Gasteiger partial charge in [-0.25, -0.2) is 9.18 Å². The number of amides is 2. The zero-order valence-electron chi connectivity index (χ0n) is 13.4. The summed E-state index contributed by atoms with van der Waals surface area (Å²) in [7, 11) is 0. The van der Waals surface area contributed by atoms with E-state index < -0.39 is 0 Å². The molecule has 3 rings (SSSR count). The number of hydrogen-bond donors (Lipinski definition) is 1. The molecule has 3 nitrogen and oxygen atoms in total. The zero-order valence-corrected chi connectivity index (χ0v) is 14.9. The average Bonchev–Trinajstić information content (AvgIpc) is 2.58. The van der Waals surface area contributed by atoms with Gasteiger partial charge in [-0.15, -0.1) is 0 Å². The van der Waals surface area contributed by atoms with E-state index in [0.717, 1.165) is 33.3 Å². The van der Waals surface area contributed by atoms with Crippen molar-refractivity contribution < 1.29 is 9.18 Å². The molecule has 0 bridgehead atoms. The van der Waals surface area contributed by atoms with Crippen molar-refractivity contribution in [3.05, 3.63) is 70.0 Å². The molecular formula is C19H18BrFN2O. The summed E-state index contributed by atoms with van der Waals surface area (Å²) in [4.78, 5) is 14.2.